The second kappa shape index (κ2) is 8.00. The number of carbonyl (C=O) groups is 2. The highest BCUT2D eigenvalue weighted by Crippen LogP contribution is 2.16. The summed E-state index contributed by atoms with van der Waals surface area (Å²) < 4.78 is 15.2. The highest BCUT2D eigenvalue weighted by molar-refractivity contribution is 5.81. The van der Waals surface area contributed by atoms with Crippen LogP contribution in [0, 0.1) is 11.3 Å². The van der Waals surface area contributed by atoms with Crippen molar-refractivity contribution in [3.63, 3.8) is 0 Å². The van der Waals surface area contributed by atoms with Crippen LogP contribution in [0.3, 0.4) is 0 Å². The molecule has 0 spiro atoms. The molecule has 7 nitrogen and oxygen atoms in total. The fourth-order valence-electron chi connectivity index (χ4n) is 1.91. The van der Waals surface area contributed by atoms with E-state index < -0.39 is 5.97 Å². The standard InChI is InChI=1S/C15H16N2O5/c16-9-12-3-1-2-4-13(12)21-11-15(19)22-10-14(18)17-5-7-20-8-6-17/h1-4H,5-8,10-11H2. The molecule has 1 aliphatic heterocycles. The summed E-state index contributed by atoms with van der Waals surface area (Å²) in [5, 5.41) is 8.90. The van der Waals surface area contributed by atoms with Crippen LogP contribution in [0.1, 0.15) is 5.56 Å². The number of nitriles is 1. The lowest BCUT2D eigenvalue weighted by molar-refractivity contribution is -0.155. The topological polar surface area (TPSA) is 88.9 Å². The number of carbonyl (C=O) groups excluding carboxylic acids is 2. The van der Waals surface area contributed by atoms with Gasteiger partial charge in [0, 0.05) is 13.1 Å². The third-order valence-electron chi connectivity index (χ3n) is 3.07. The molecule has 0 N–H and O–H groups in total. The van der Waals surface area contributed by atoms with E-state index in [1.54, 1.807) is 29.2 Å². The van der Waals surface area contributed by atoms with Crippen molar-refractivity contribution in [2.75, 3.05) is 39.5 Å². The van der Waals surface area contributed by atoms with E-state index in [-0.39, 0.29) is 19.1 Å². The molecule has 1 fully saturated rings. The monoisotopic (exact) mass is 304 g/mol. The Labute approximate surface area is 128 Å². The summed E-state index contributed by atoms with van der Waals surface area (Å²) in [5.41, 5.74) is 0.333. The van der Waals surface area contributed by atoms with E-state index in [0.29, 0.717) is 37.6 Å². The van der Waals surface area contributed by atoms with E-state index in [1.165, 1.54) is 0 Å². The Morgan fingerprint density at radius 2 is 1.95 bits per heavy atom. The molecule has 22 heavy (non-hydrogen) atoms. The van der Waals surface area contributed by atoms with Crippen molar-refractivity contribution in [1.29, 1.82) is 5.26 Å². The SMILES string of the molecule is N#Cc1ccccc1OCC(=O)OCC(=O)N1CCOCC1. The number of morpholine rings is 1. The Bertz CT molecular complexity index is 576. The lowest BCUT2D eigenvalue weighted by Gasteiger charge is -2.26. The average Bonchev–Trinajstić information content (AvgIpc) is 2.58. The zero-order valence-electron chi connectivity index (χ0n) is 12.0. The van der Waals surface area contributed by atoms with Gasteiger partial charge in [0.15, 0.2) is 13.2 Å². The van der Waals surface area contributed by atoms with E-state index >= 15 is 0 Å². The van der Waals surface area contributed by atoms with Crippen molar-refractivity contribution in [3.8, 4) is 11.8 Å². The van der Waals surface area contributed by atoms with Crippen LogP contribution in [0.2, 0.25) is 0 Å². The van der Waals surface area contributed by atoms with Gasteiger partial charge in [-0.3, -0.25) is 4.79 Å². The van der Waals surface area contributed by atoms with Crippen molar-refractivity contribution >= 4 is 11.9 Å². The average molecular weight is 304 g/mol. The van der Waals surface area contributed by atoms with Crippen molar-refractivity contribution in [1.82, 2.24) is 4.90 Å². The van der Waals surface area contributed by atoms with Crippen LogP contribution in [-0.4, -0.2) is 56.3 Å². The zero-order chi connectivity index (χ0) is 15.8. The molecule has 0 atom stereocenters. The molecular formula is C15H16N2O5. The van der Waals surface area contributed by atoms with Gasteiger partial charge in [-0.15, -0.1) is 0 Å². The first-order valence-corrected chi connectivity index (χ1v) is 6.84. The molecule has 7 heteroatoms. The molecule has 0 radical (unpaired) electrons. The second-order valence-corrected chi connectivity index (χ2v) is 4.55. The number of hydrogen-bond donors (Lipinski definition) is 0. The maximum absolute atomic E-state index is 11.8. The number of amides is 1. The van der Waals surface area contributed by atoms with Crippen LogP contribution in [0.25, 0.3) is 0 Å². The number of para-hydroxylation sites is 1. The molecule has 1 heterocycles. The maximum atomic E-state index is 11.8. The summed E-state index contributed by atoms with van der Waals surface area (Å²) in [4.78, 5) is 25.0. The molecule has 2 rings (SSSR count). The van der Waals surface area contributed by atoms with Crippen molar-refractivity contribution < 1.29 is 23.8 Å². The summed E-state index contributed by atoms with van der Waals surface area (Å²) in [6, 6.07) is 8.53. The summed E-state index contributed by atoms with van der Waals surface area (Å²) in [7, 11) is 0. The van der Waals surface area contributed by atoms with E-state index in [2.05, 4.69) is 0 Å². The normalized spacial score (nSPS) is 14.0. The number of benzene rings is 1. The Hall–Kier alpha value is -2.59. The first kappa shape index (κ1) is 15.8. The van der Waals surface area contributed by atoms with Gasteiger partial charge in [-0.2, -0.15) is 5.26 Å². The van der Waals surface area contributed by atoms with Gasteiger partial charge < -0.3 is 19.1 Å². The van der Waals surface area contributed by atoms with Crippen LogP contribution in [0.4, 0.5) is 0 Å². The largest absolute Gasteiger partial charge is 0.481 e. The predicted molar refractivity (Wildman–Crippen MR) is 75.0 cm³/mol. The molecule has 1 aromatic rings. The van der Waals surface area contributed by atoms with Crippen LogP contribution < -0.4 is 4.74 Å². The van der Waals surface area contributed by atoms with Crippen molar-refractivity contribution in [2.24, 2.45) is 0 Å². The van der Waals surface area contributed by atoms with Gasteiger partial charge in [0.2, 0.25) is 0 Å². The van der Waals surface area contributed by atoms with Crippen LogP contribution in [-0.2, 0) is 19.1 Å². The molecule has 0 aromatic heterocycles. The lowest BCUT2D eigenvalue weighted by Crippen LogP contribution is -2.42. The number of nitrogens with zero attached hydrogens (tertiary/aromatic N) is 2. The first-order valence-electron chi connectivity index (χ1n) is 6.84. The molecule has 1 saturated heterocycles. The van der Waals surface area contributed by atoms with Gasteiger partial charge in [0.05, 0.1) is 18.8 Å². The van der Waals surface area contributed by atoms with Gasteiger partial charge >= 0.3 is 5.97 Å². The predicted octanol–water partition coefficient (Wildman–Crippen LogP) is 0.339. The fourth-order valence-corrected chi connectivity index (χ4v) is 1.91. The lowest BCUT2D eigenvalue weighted by atomic mass is 10.2. The number of ether oxygens (including phenoxy) is 3. The quantitative estimate of drug-likeness (QED) is 0.729. The third-order valence-corrected chi connectivity index (χ3v) is 3.07. The number of hydrogen-bond acceptors (Lipinski definition) is 6. The van der Waals surface area contributed by atoms with Crippen molar-refractivity contribution in [3.05, 3.63) is 29.8 Å². The third kappa shape index (κ3) is 4.46. The molecule has 0 unspecified atom stereocenters. The van der Waals surface area contributed by atoms with Gasteiger partial charge in [0.1, 0.15) is 11.8 Å². The van der Waals surface area contributed by atoms with E-state index in [1.807, 2.05) is 6.07 Å². The summed E-state index contributed by atoms with van der Waals surface area (Å²) in [6.07, 6.45) is 0. The van der Waals surface area contributed by atoms with Crippen LogP contribution in [0.15, 0.2) is 24.3 Å². The summed E-state index contributed by atoms with van der Waals surface area (Å²) in [5.74, 6) is -0.607. The number of rotatable bonds is 5. The highest BCUT2D eigenvalue weighted by Gasteiger charge is 2.18. The number of esters is 1. The van der Waals surface area contributed by atoms with Crippen LogP contribution in [0.5, 0.6) is 5.75 Å². The summed E-state index contributed by atoms with van der Waals surface area (Å²) >= 11 is 0. The highest BCUT2D eigenvalue weighted by atomic mass is 16.6. The fraction of sp³-hybridized carbons (Fsp3) is 0.400. The molecule has 0 saturated carbocycles. The minimum atomic E-state index is -0.658. The van der Waals surface area contributed by atoms with Gasteiger partial charge in [-0.1, -0.05) is 12.1 Å². The van der Waals surface area contributed by atoms with Crippen molar-refractivity contribution in [2.45, 2.75) is 0 Å². The van der Waals surface area contributed by atoms with Gasteiger partial charge in [0.25, 0.3) is 5.91 Å². The van der Waals surface area contributed by atoms with E-state index in [9.17, 15) is 9.59 Å². The molecule has 1 amide bonds. The Balaban J connectivity index is 1.74. The summed E-state index contributed by atoms with van der Waals surface area (Å²) in [6.45, 7) is 1.32. The molecule has 0 bridgehead atoms. The van der Waals surface area contributed by atoms with E-state index in [4.69, 9.17) is 19.5 Å². The smallest absolute Gasteiger partial charge is 0.344 e. The molecule has 1 aromatic carbocycles. The zero-order valence-corrected chi connectivity index (χ0v) is 12.0. The van der Waals surface area contributed by atoms with Gasteiger partial charge in [-0.25, -0.2) is 4.79 Å². The Morgan fingerprint density at radius 1 is 1.23 bits per heavy atom. The maximum Gasteiger partial charge on any atom is 0.344 e. The van der Waals surface area contributed by atoms with Crippen LogP contribution >= 0.6 is 0 Å². The Morgan fingerprint density at radius 3 is 2.68 bits per heavy atom. The minimum Gasteiger partial charge on any atom is -0.481 e. The molecule has 116 valence electrons. The van der Waals surface area contributed by atoms with Gasteiger partial charge in [-0.05, 0) is 12.1 Å². The minimum absolute atomic E-state index is 0.255. The molecule has 0 aliphatic carbocycles. The first-order chi connectivity index (χ1) is 10.7. The van der Waals surface area contributed by atoms with E-state index in [0.717, 1.165) is 0 Å². The Kier molecular flexibility index (Phi) is 5.74. The molecular weight excluding hydrogens is 288 g/mol. The molecule has 1 aliphatic rings. The second-order valence-electron chi connectivity index (χ2n) is 4.55.